The van der Waals surface area contributed by atoms with E-state index in [1.807, 2.05) is 60.8 Å². The molecule has 0 saturated carbocycles. The van der Waals surface area contributed by atoms with Crippen LogP contribution in [0.3, 0.4) is 0 Å². The average molecular weight is 476 g/mol. The molecule has 2 aromatic carbocycles. The maximum absolute atomic E-state index is 12.2. The Morgan fingerprint density at radius 1 is 1.23 bits per heavy atom. The van der Waals surface area contributed by atoms with Crippen molar-refractivity contribution in [1.82, 2.24) is 4.98 Å². The van der Waals surface area contributed by atoms with Gasteiger partial charge in [0.15, 0.2) is 0 Å². The summed E-state index contributed by atoms with van der Waals surface area (Å²) in [5.74, 6) is 0.538. The smallest absolute Gasteiger partial charge is 0.248 e. The number of aromatic nitrogens is 1. The zero-order valence-electron chi connectivity index (χ0n) is 14.1. The third kappa shape index (κ3) is 5.15. The Kier molecular flexibility index (Phi) is 6.40. The fourth-order valence-corrected chi connectivity index (χ4v) is 3.40. The number of hydrogen-bond donors (Lipinski definition) is 1. The average Bonchev–Trinajstić information content (AvgIpc) is 3.06. The Balaban J connectivity index is 1.66. The van der Waals surface area contributed by atoms with Gasteiger partial charge in [-0.3, -0.25) is 4.79 Å². The predicted molar refractivity (Wildman–Crippen MR) is 114 cm³/mol. The molecule has 132 valence electrons. The second-order valence-electron chi connectivity index (χ2n) is 5.49. The first-order chi connectivity index (χ1) is 12.6. The number of rotatable bonds is 6. The summed E-state index contributed by atoms with van der Waals surface area (Å²) in [6, 6.07) is 15.3. The van der Waals surface area contributed by atoms with Crippen molar-refractivity contribution >= 4 is 51.6 Å². The van der Waals surface area contributed by atoms with Crippen molar-refractivity contribution in [1.29, 1.82) is 0 Å². The molecule has 4 nitrogen and oxygen atoms in total. The number of nitrogens with one attached hydrogen (secondary N) is 1. The molecule has 1 N–H and O–H groups in total. The van der Waals surface area contributed by atoms with E-state index >= 15 is 0 Å². The molecule has 0 radical (unpaired) electrons. The number of benzene rings is 2. The van der Waals surface area contributed by atoms with Crippen LogP contribution in [-0.4, -0.2) is 10.9 Å². The van der Waals surface area contributed by atoms with Crippen molar-refractivity contribution < 1.29 is 9.53 Å². The lowest BCUT2D eigenvalue weighted by molar-refractivity contribution is -0.111. The highest BCUT2D eigenvalue weighted by atomic mass is 127. The van der Waals surface area contributed by atoms with Gasteiger partial charge in [0.1, 0.15) is 12.4 Å². The standard InChI is InChI=1S/C20H17IN2O2S/c1-14-22-16(13-26-14)12-25-19-9-5-2-6-15(19)10-11-20(24)23-18-8-4-3-7-17(18)21/h2-11,13H,12H2,1H3,(H,23,24)/b11-10+. The number of para-hydroxylation sites is 2. The maximum Gasteiger partial charge on any atom is 0.248 e. The number of ether oxygens (including phenoxy) is 1. The van der Waals surface area contributed by atoms with Crippen molar-refractivity contribution in [2.75, 3.05) is 5.32 Å². The van der Waals surface area contributed by atoms with Crippen LogP contribution in [0.25, 0.3) is 6.08 Å². The van der Waals surface area contributed by atoms with Crippen LogP contribution >= 0.6 is 33.9 Å². The summed E-state index contributed by atoms with van der Waals surface area (Å²) >= 11 is 3.79. The molecular weight excluding hydrogens is 459 g/mol. The first kappa shape index (κ1) is 18.6. The lowest BCUT2D eigenvalue weighted by atomic mass is 10.2. The van der Waals surface area contributed by atoms with Crippen molar-refractivity contribution in [2.24, 2.45) is 0 Å². The highest BCUT2D eigenvalue weighted by Gasteiger charge is 2.05. The number of amides is 1. The van der Waals surface area contributed by atoms with Gasteiger partial charge in [0.2, 0.25) is 5.91 Å². The Morgan fingerprint density at radius 3 is 2.77 bits per heavy atom. The molecule has 0 fully saturated rings. The number of carbonyl (C=O) groups excluding carboxylic acids is 1. The number of hydrogen-bond acceptors (Lipinski definition) is 4. The second kappa shape index (κ2) is 8.95. The molecule has 6 heteroatoms. The van der Waals surface area contributed by atoms with Gasteiger partial charge in [-0.25, -0.2) is 4.98 Å². The monoisotopic (exact) mass is 476 g/mol. The second-order valence-corrected chi connectivity index (χ2v) is 7.71. The molecule has 0 spiro atoms. The predicted octanol–water partition coefficient (Wildman–Crippen LogP) is 5.29. The van der Waals surface area contributed by atoms with E-state index in [2.05, 4.69) is 32.9 Å². The van der Waals surface area contributed by atoms with E-state index in [4.69, 9.17) is 4.74 Å². The molecule has 3 rings (SSSR count). The number of anilines is 1. The van der Waals surface area contributed by atoms with Crippen LogP contribution in [0.2, 0.25) is 0 Å². The molecule has 0 saturated heterocycles. The first-order valence-corrected chi connectivity index (χ1v) is 9.94. The van der Waals surface area contributed by atoms with Gasteiger partial charge < -0.3 is 10.1 Å². The lowest BCUT2D eigenvalue weighted by Crippen LogP contribution is -2.08. The Bertz CT molecular complexity index is 937. The Morgan fingerprint density at radius 2 is 2.00 bits per heavy atom. The van der Waals surface area contributed by atoms with Crippen LogP contribution in [0.4, 0.5) is 5.69 Å². The summed E-state index contributed by atoms with van der Waals surface area (Å²) in [5, 5.41) is 5.88. The molecule has 1 aromatic heterocycles. The minimum Gasteiger partial charge on any atom is -0.487 e. The summed E-state index contributed by atoms with van der Waals surface area (Å²) < 4.78 is 6.86. The van der Waals surface area contributed by atoms with E-state index < -0.39 is 0 Å². The van der Waals surface area contributed by atoms with Crippen LogP contribution in [0.1, 0.15) is 16.3 Å². The molecule has 3 aromatic rings. The molecule has 1 amide bonds. The van der Waals surface area contributed by atoms with Crippen LogP contribution in [0, 0.1) is 10.5 Å². The quantitative estimate of drug-likeness (QED) is 0.389. The number of aryl methyl sites for hydroxylation is 1. The van der Waals surface area contributed by atoms with E-state index in [0.717, 1.165) is 31.3 Å². The number of carbonyl (C=O) groups is 1. The van der Waals surface area contributed by atoms with Gasteiger partial charge in [0.05, 0.1) is 16.4 Å². The summed E-state index contributed by atoms with van der Waals surface area (Å²) in [6.07, 6.45) is 3.27. The van der Waals surface area contributed by atoms with Crippen LogP contribution < -0.4 is 10.1 Å². The van der Waals surface area contributed by atoms with E-state index in [-0.39, 0.29) is 5.91 Å². The zero-order chi connectivity index (χ0) is 18.4. The maximum atomic E-state index is 12.2. The summed E-state index contributed by atoms with van der Waals surface area (Å²) in [4.78, 5) is 16.6. The zero-order valence-corrected chi connectivity index (χ0v) is 17.1. The third-order valence-corrected chi connectivity index (χ3v) is 5.27. The first-order valence-electron chi connectivity index (χ1n) is 7.98. The molecule has 0 atom stereocenters. The SMILES string of the molecule is Cc1nc(COc2ccccc2/C=C/C(=O)Nc2ccccc2I)cs1. The van der Waals surface area contributed by atoms with Gasteiger partial charge in [-0.2, -0.15) is 0 Å². The van der Waals surface area contributed by atoms with Crippen molar-refractivity contribution in [3.05, 3.63) is 79.8 Å². The molecule has 26 heavy (non-hydrogen) atoms. The number of nitrogens with zero attached hydrogens (tertiary/aromatic N) is 1. The summed E-state index contributed by atoms with van der Waals surface area (Å²) in [6.45, 7) is 2.38. The molecule has 0 aliphatic rings. The fraction of sp³-hybridized carbons (Fsp3) is 0.100. The van der Waals surface area contributed by atoms with E-state index in [1.54, 1.807) is 17.4 Å². The van der Waals surface area contributed by atoms with Gasteiger partial charge >= 0.3 is 0 Å². The molecule has 0 aliphatic carbocycles. The molecule has 0 unspecified atom stereocenters. The van der Waals surface area contributed by atoms with Crippen LogP contribution in [-0.2, 0) is 11.4 Å². The van der Waals surface area contributed by atoms with E-state index in [1.165, 1.54) is 6.08 Å². The van der Waals surface area contributed by atoms with Crippen LogP contribution in [0.15, 0.2) is 60.0 Å². The normalized spacial score (nSPS) is 10.8. The van der Waals surface area contributed by atoms with Crippen molar-refractivity contribution in [3.8, 4) is 5.75 Å². The van der Waals surface area contributed by atoms with Crippen molar-refractivity contribution in [3.63, 3.8) is 0 Å². The van der Waals surface area contributed by atoms with Gasteiger partial charge in [-0.05, 0) is 53.8 Å². The minimum atomic E-state index is -0.181. The third-order valence-electron chi connectivity index (χ3n) is 3.51. The lowest BCUT2D eigenvalue weighted by Gasteiger charge is -2.08. The van der Waals surface area contributed by atoms with Gasteiger partial charge in [0, 0.05) is 20.6 Å². The fourth-order valence-electron chi connectivity index (χ4n) is 2.28. The number of thiazole rings is 1. The molecular formula is C20H17IN2O2S. The van der Waals surface area contributed by atoms with Gasteiger partial charge in [-0.15, -0.1) is 11.3 Å². The molecule has 1 heterocycles. The van der Waals surface area contributed by atoms with Gasteiger partial charge in [-0.1, -0.05) is 30.3 Å². The van der Waals surface area contributed by atoms with E-state index in [0.29, 0.717) is 6.61 Å². The molecule has 0 bridgehead atoms. The highest BCUT2D eigenvalue weighted by molar-refractivity contribution is 14.1. The summed E-state index contributed by atoms with van der Waals surface area (Å²) in [7, 11) is 0. The minimum absolute atomic E-state index is 0.181. The van der Waals surface area contributed by atoms with Crippen LogP contribution in [0.5, 0.6) is 5.75 Å². The Hall–Kier alpha value is -2.19. The molecule has 0 aliphatic heterocycles. The number of halogens is 1. The largest absolute Gasteiger partial charge is 0.487 e. The topological polar surface area (TPSA) is 51.2 Å². The van der Waals surface area contributed by atoms with Crippen molar-refractivity contribution in [2.45, 2.75) is 13.5 Å². The highest BCUT2D eigenvalue weighted by Crippen LogP contribution is 2.22. The van der Waals surface area contributed by atoms with E-state index in [9.17, 15) is 4.79 Å². The summed E-state index contributed by atoms with van der Waals surface area (Å²) in [5.41, 5.74) is 2.55. The Labute approximate surface area is 170 Å². The van der Waals surface area contributed by atoms with Gasteiger partial charge in [0.25, 0.3) is 0 Å².